The number of hydrogen-bond donors (Lipinski definition) is 1. The predicted molar refractivity (Wildman–Crippen MR) is 79.0 cm³/mol. The van der Waals surface area contributed by atoms with Gasteiger partial charge in [-0.15, -0.1) is 11.3 Å². The first-order valence-electron chi connectivity index (χ1n) is 5.80. The molecule has 0 unspecified atom stereocenters. The third-order valence-electron chi connectivity index (χ3n) is 2.83. The highest BCUT2D eigenvalue weighted by Crippen LogP contribution is 2.25. The number of thiophene rings is 1. The van der Waals surface area contributed by atoms with Crippen LogP contribution in [0.3, 0.4) is 0 Å². The average Bonchev–Trinajstić information content (AvgIpc) is 2.86. The number of halogens is 1. The van der Waals surface area contributed by atoms with Crippen LogP contribution >= 0.6 is 11.3 Å². The van der Waals surface area contributed by atoms with Gasteiger partial charge in [0.05, 0.1) is 4.90 Å². The Morgan fingerprint density at radius 2 is 1.75 bits per heavy atom. The van der Waals surface area contributed by atoms with E-state index in [9.17, 15) is 12.8 Å². The lowest BCUT2D eigenvalue weighted by Crippen LogP contribution is -2.12. The molecule has 20 heavy (non-hydrogen) atoms. The SMILES string of the molecule is O=S(=O)(Nc1ccc2sccc2c1)c1ccc(F)cc1. The van der Waals surface area contributed by atoms with Gasteiger partial charge < -0.3 is 0 Å². The molecular weight excluding hydrogens is 297 g/mol. The molecule has 102 valence electrons. The second-order valence-electron chi connectivity index (χ2n) is 4.23. The van der Waals surface area contributed by atoms with Gasteiger partial charge in [-0.3, -0.25) is 4.72 Å². The fourth-order valence-corrected chi connectivity index (χ4v) is 3.68. The Hall–Kier alpha value is -1.92. The molecule has 1 heterocycles. The Balaban J connectivity index is 1.94. The number of nitrogens with one attached hydrogen (secondary N) is 1. The summed E-state index contributed by atoms with van der Waals surface area (Å²) in [6, 6.07) is 12.0. The Bertz CT molecular complexity index is 854. The molecule has 0 atom stereocenters. The van der Waals surface area contributed by atoms with Crippen molar-refractivity contribution >= 4 is 37.1 Å². The number of anilines is 1. The first-order valence-corrected chi connectivity index (χ1v) is 8.16. The maximum atomic E-state index is 12.8. The van der Waals surface area contributed by atoms with Crippen LogP contribution < -0.4 is 4.72 Å². The quantitative estimate of drug-likeness (QED) is 0.799. The Labute approximate surface area is 119 Å². The fourth-order valence-electron chi connectivity index (χ4n) is 1.86. The molecule has 0 aliphatic heterocycles. The van der Waals surface area contributed by atoms with Crippen LogP contribution in [0.4, 0.5) is 10.1 Å². The summed E-state index contributed by atoms with van der Waals surface area (Å²) in [6.07, 6.45) is 0. The molecule has 1 aromatic heterocycles. The standard InChI is InChI=1S/C14H10FNO2S2/c15-11-1-4-13(5-2-11)20(17,18)16-12-3-6-14-10(9-12)7-8-19-14/h1-9,16H. The zero-order valence-corrected chi connectivity index (χ0v) is 11.8. The molecule has 3 aromatic rings. The maximum absolute atomic E-state index is 12.8. The number of fused-ring (bicyclic) bond motifs is 1. The van der Waals surface area contributed by atoms with Crippen LogP contribution in [-0.2, 0) is 10.0 Å². The van der Waals surface area contributed by atoms with Crippen molar-refractivity contribution in [2.75, 3.05) is 4.72 Å². The van der Waals surface area contributed by atoms with Gasteiger partial charge in [0.1, 0.15) is 5.82 Å². The minimum Gasteiger partial charge on any atom is -0.280 e. The van der Waals surface area contributed by atoms with E-state index in [1.807, 2.05) is 17.5 Å². The molecule has 0 fully saturated rings. The summed E-state index contributed by atoms with van der Waals surface area (Å²) in [5.41, 5.74) is 0.486. The highest BCUT2D eigenvalue weighted by Gasteiger charge is 2.14. The summed E-state index contributed by atoms with van der Waals surface area (Å²) in [5, 5.41) is 2.93. The van der Waals surface area contributed by atoms with Crippen molar-refractivity contribution < 1.29 is 12.8 Å². The second kappa shape index (κ2) is 4.88. The van der Waals surface area contributed by atoms with Gasteiger partial charge in [-0.1, -0.05) is 0 Å². The fraction of sp³-hybridized carbons (Fsp3) is 0. The molecule has 0 amide bonds. The van der Waals surface area contributed by atoms with Crippen molar-refractivity contribution in [1.29, 1.82) is 0 Å². The normalized spacial score (nSPS) is 11.7. The van der Waals surface area contributed by atoms with Gasteiger partial charge >= 0.3 is 0 Å². The van der Waals surface area contributed by atoms with E-state index in [-0.39, 0.29) is 4.90 Å². The molecule has 0 radical (unpaired) electrons. The van der Waals surface area contributed by atoms with Crippen molar-refractivity contribution in [2.24, 2.45) is 0 Å². The molecule has 6 heteroatoms. The van der Waals surface area contributed by atoms with Crippen molar-refractivity contribution in [3.05, 3.63) is 59.7 Å². The summed E-state index contributed by atoms with van der Waals surface area (Å²) in [6.45, 7) is 0. The third kappa shape index (κ3) is 2.52. The summed E-state index contributed by atoms with van der Waals surface area (Å²) in [7, 11) is -3.70. The van der Waals surface area contributed by atoms with Crippen molar-refractivity contribution in [2.45, 2.75) is 4.90 Å². The van der Waals surface area contributed by atoms with Gasteiger partial charge in [0, 0.05) is 10.4 Å². The topological polar surface area (TPSA) is 46.2 Å². The Morgan fingerprint density at radius 3 is 2.50 bits per heavy atom. The van der Waals surface area contributed by atoms with Crippen LogP contribution in [0.15, 0.2) is 58.8 Å². The molecule has 3 nitrogen and oxygen atoms in total. The predicted octanol–water partition coefficient (Wildman–Crippen LogP) is 3.84. The summed E-state index contributed by atoms with van der Waals surface area (Å²) in [5.74, 6) is -0.469. The summed E-state index contributed by atoms with van der Waals surface area (Å²) >= 11 is 1.59. The van der Waals surface area contributed by atoms with Crippen molar-refractivity contribution in [1.82, 2.24) is 0 Å². The first kappa shape index (κ1) is 13.1. The molecule has 0 spiro atoms. The molecule has 0 saturated heterocycles. The highest BCUT2D eigenvalue weighted by atomic mass is 32.2. The van der Waals surface area contributed by atoms with Crippen LogP contribution in [0.1, 0.15) is 0 Å². The molecule has 3 rings (SSSR count). The molecule has 2 aromatic carbocycles. The van der Waals surface area contributed by atoms with Crippen LogP contribution in [0.5, 0.6) is 0 Å². The molecule has 0 saturated carbocycles. The van der Waals surface area contributed by atoms with E-state index in [0.29, 0.717) is 5.69 Å². The third-order valence-corrected chi connectivity index (χ3v) is 5.12. The van der Waals surface area contributed by atoms with Crippen molar-refractivity contribution in [3.63, 3.8) is 0 Å². The average molecular weight is 307 g/mol. The lowest BCUT2D eigenvalue weighted by molar-refractivity contribution is 0.599. The highest BCUT2D eigenvalue weighted by molar-refractivity contribution is 7.92. The van der Waals surface area contributed by atoms with Gasteiger partial charge in [0.15, 0.2) is 0 Å². The number of sulfonamides is 1. The largest absolute Gasteiger partial charge is 0.280 e. The van der Waals surface area contributed by atoms with Crippen molar-refractivity contribution in [3.8, 4) is 0 Å². The molecule has 0 aliphatic rings. The zero-order valence-electron chi connectivity index (χ0n) is 10.2. The van der Waals surface area contributed by atoms with E-state index in [2.05, 4.69) is 4.72 Å². The minimum atomic E-state index is -3.70. The smallest absolute Gasteiger partial charge is 0.261 e. The second-order valence-corrected chi connectivity index (χ2v) is 6.86. The first-order chi connectivity index (χ1) is 9.54. The van der Waals surface area contributed by atoms with Crippen LogP contribution in [0, 0.1) is 5.82 Å². The Kier molecular flexibility index (Phi) is 3.19. The number of benzene rings is 2. The van der Waals surface area contributed by atoms with Gasteiger partial charge in [0.2, 0.25) is 0 Å². The van der Waals surface area contributed by atoms with Crippen LogP contribution in [0.2, 0.25) is 0 Å². The van der Waals surface area contributed by atoms with Gasteiger partial charge in [-0.2, -0.15) is 0 Å². The van der Waals surface area contributed by atoms with E-state index in [1.54, 1.807) is 23.5 Å². The maximum Gasteiger partial charge on any atom is 0.261 e. The van der Waals surface area contributed by atoms with Crippen LogP contribution in [-0.4, -0.2) is 8.42 Å². The number of rotatable bonds is 3. The van der Waals surface area contributed by atoms with E-state index in [1.165, 1.54) is 12.1 Å². The monoisotopic (exact) mass is 307 g/mol. The summed E-state index contributed by atoms with van der Waals surface area (Å²) < 4.78 is 40.7. The van der Waals surface area contributed by atoms with Gasteiger partial charge in [0.25, 0.3) is 10.0 Å². The van der Waals surface area contributed by atoms with E-state index in [4.69, 9.17) is 0 Å². The minimum absolute atomic E-state index is 0.0318. The lowest BCUT2D eigenvalue weighted by atomic mass is 10.2. The van der Waals surface area contributed by atoms with Gasteiger partial charge in [-0.05, 0) is 59.3 Å². The van der Waals surface area contributed by atoms with E-state index < -0.39 is 15.8 Å². The molecular formula is C14H10FNO2S2. The lowest BCUT2D eigenvalue weighted by Gasteiger charge is -2.08. The van der Waals surface area contributed by atoms with E-state index >= 15 is 0 Å². The van der Waals surface area contributed by atoms with Gasteiger partial charge in [-0.25, -0.2) is 12.8 Å². The van der Waals surface area contributed by atoms with Crippen LogP contribution in [0.25, 0.3) is 10.1 Å². The Morgan fingerprint density at radius 1 is 1.00 bits per heavy atom. The summed E-state index contributed by atoms with van der Waals surface area (Å²) in [4.78, 5) is 0.0318. The molecule has 0 aliphatic carbocycles. The van der Waals surface area contributed by atoms with E-state index in [0.717, 1.165) is 22.2 Å². The number of hydrogen-bond acceptors (Lipinski definition) is 3. The molecule has 0 bridgehead atoms. The zero-order chi connectivity index (χ0) is 14.2. The molecule has 1 N–H and O–H groups in total.